The van der Waals surface area contributed by atoms with E-state index in [1.54, 1.807) is 6.92 Å². The highest BCUT2D eigenvalue weighted by Gasteiger charge is 2.31. The van der Waals surface area contributed by atoms with Crippen LogP contribution in [0.2, 0.25) is 0 Å². The number of carbonyl (C=O) groups is 1. The zero-order valence-corrected chi connectivity index (χ0v) is 18.9. The maximum Gasteiger partial charge on any atom is 0.219 e. The zero-order chi connectivity index (χ0) is 21.1. The van der Waals surface area contributed by atoms with E-state index < -0.39 is 0 Å². The molecule has 7 nitrogen and oxygen atoms in total. The number of nitrogens with zero attached hydrogens (tertiary/aromatic N) is 5. The van der Waals surface area contributed by atoms with Crippen molar-refractivity contribution in [2.75, 3.05) is 51.3 Å². The summed E-state index contributed by atoms with van der Waals surface area (Å²) in [5.74, 6) is 2.65. The number of amides is 1. The van der Waals surface area contributed by atoms with Crippen LogP contribution in [-0.2, 0) is 22.5 Å². The van der Waals surface area contributed by atoms with Gasteiger partial charge in [0.25, 0.3) is 0 Å². The van der Waals surface area contributed by atoms with Gasteiger partial charge in [-0.05, 0) is 52.2 Å². The van der Waals surface area contributed by atoms with Gasteiger partial charge in [-0.3, -0.25) is 4.79 Å². The predicted molar refractivity (Wildman–Crippen MR) is 118 cm³/mol. The molecular weight excluding hydrogens is 378 g/mol. The number of anilines is 1. The summed E-state index contributed by atoms with van der Waals surface area (Å²) < 4.78 is 6.09. The summed E-state index contributed by atoms with van der Waals surface area (Å²) >= 11 is 0. The van der Waals surface area contributed by atoms with Crippen molar-refractivity contribution < 1.29 is 9.53 Å². The van der Waals surface area contributed by atoms with Crippen molar-refractivity contribution in [1.82, 2.24) is 19.8 Å². The molecule has 0 bridgehead atoms. The minimum Gasteiger partial charge on any atom is -0.376 e. The molecule has 1 aromatic heterocycles. The van der Waals surface area contributed by atoms with E-state index in [1.807, 2.05) is 4.90 Å². The Morgan fingerprint density at radius 2 is 1.93 bits per heavy atom. The Bertz CT molecular complexity index is 747. The molecule has 0 N–H and O–H groups in total. The SMILES string of the molecule is CCCO[C@@H]1CCCN(c2nc(C3CCN(C)CC3)nc3c2CN(C(C)=O)CC3)C1. The maximum absolute atomic E-state index is 12.1. The lowest BCUT2D eigenvalue weighted by Gasteiger charge is -2.38. The molecule has 0 aliphatic carbocycles. The van der Waals surface area contributed by atoms with E-state index in [2.05, 4.69) is 23.8 Å². The van der Waals surface area contributed by atoms with Gasteiger partial charge in [-0.1, -0.05) is 6.92 Å². The van der Waals surface area contributed by atoms with Gasteiger partial charge in [-0.15, -0.1) is 0 Å². The zero-order valence-electron chi connectivity index (χ0n) is 18.9. The summed E-state index contributed by atoms with van der Waals surface area (Å²) in [6.45, 7) is 10.1. The topological polar surface area (TPSA) is 61.8 Å². The minimum atomic E-state index is 0.133. The summed E-state index contributed by atoms with van der Waals surface area (Å²) in [4.78, 5) is 29.0. The van der Waals surface area contributed by atoms with Crippen LogP contribution in [0.5, 0.6) is 0 Å². The molecule has 1 atom stereocenters. The Kier molecular flexibility index (Phi) is 6.88. The molecule has 7 heteroatoms. The van der Waals surface area contributed by atoms with Crippen LogP contribution >= 0.6 is 0 Å². The van der Waals surface area contributed by atoms with E-state index in [4.69, 9.17) is 14.7 Å². The second-order valence-corrected chi connectivity index (χ2v) is 9.18. The quantitative estimate of drug-likeness (QED) is 0.737. The van der Waals surface area contributed by atoms with Crippen molar-refractivity contribution >= 4 is 11.7 Å². The Labute approximate surface area is 180 Å². The normalized spacial score (nSPS) is 23.5. The molecule has 0 spiro atoms. The van der Waals surface area contributed by atoms with Gasteiger partial charge >= 0.3 is 0 Å². The van der Waals surface area contributed by atoms with E-state index in [1.165, 1.54) is 0 Å². The first kappa shape index (κ1) is 21.5. The summed E-state index contributed by atoms with van der Waals surface area (Å²) in [5.41, 5.74) is 2.31. The standard InChI is InChI=1S/C23H37N5O2/c1-4-14-30-19-6-5-10-28(15-19)23-20-16-27(17(2)29)13-9-21(20)24-22(25-23)18-7-11-26(3)12-8-18/h18-19H,4-16H2,1-3H3/t19-/m1/s1. The summed E-state index contributed by atoms with van der Waals surface area (Å²) in [6, 6.07) is 0. The van der Waals surface area contributed by atoms with Crippen molar-refractivity contribution in [3.8, 4) is 0 Å². The van der Waals surface area contributed by atoms with Gasteiger partial charge in [0.2, 0.25) is 5.91 Å². The van der Waals surface area contributed by atoms with Crippen LogP contribution < -0.4 is 4.90 Å². The van der Waals surface area contributed by atoms with Gasteiger partial charge < -0.3 is 19.4 Å². The van der Waals surface area contributed by atoms with E-state index in [0.717, 1.165) is 101 Å². The first-order chi connectivity index (χ1) is 14.5. The molecule has 166 valence electrons. The fourth-order valence-electron chi connectivity index (χ4n) is 4.95. The molecular formula is C23H37N5O2. The minimum absolute atomic E-state index is 0.133. The Morgan fingerprint density at radius 1 is 1.13 bits per heavy atom. The van der Waals surface area contributed by atoms with Crippen LogP contribution in [0.4, 0.5) is 5.82 Å². The number of rotatable bonds is 5. The highest BCUT2D eigenvalue weighted by atomic mass is 16.5. The van der Waals surface area contributed by atoms with Crippen molar-refractivity contribution in [1.29, 1.82) is 0 Å². The van der Waals surface area contributed by atoms with E-state index in [0.29, 0.717) is 12.5 Å². The number of aromatic nitrogens is 2. The third kappa shape index (κ3) is 4.78. The van der Waals surface area contributed by atoms with Crippen LogP contribution in [0.25, 0.3) is 0 Å². The number of fused-ring (bicyclic) bond motifs is 1. The summed E-state index contributed by atoms with van der Waals surface area (Å²) in [7, 11) is 2.19. The van der Waals surface area contributed by atoms with Crippen LogP contribution in [0.3, 0.4) is 0 Å². The largest absolute Gasteiger partial charge is 0.376 e. The molecule has 3 aliphatic heterocycles. The molecule has 0 unspecified atom stereocenters. The number of hydrogen-bond acceptors (Lipinski definition) is 6. The van der Waals surface area contributed by atoms with Crippen LogP contribution in [0, 0.1) is 0 Å². The van der Waals surface area contributed by atoms with Crippen molar-refractivity contribution in [3.63, 3.8) is 0 Å². The van der Waals surface area contributed by atoms with Crippen LogP contribution in [-0.4, -0.2) is 78.2 Å². The van der Waals surface area contributed by atoms with Crippen LogP contribution in [0.15, 0.2) is 0 Å². The first-order valence-corrected chi connectivity index (χ1v) is 11.8. The monoisotopic (exact) mass is 415 g/mol. The van der Waals surface area contributed by atoms with Gasteiger partial charge in [0.15, 0.2) is 0 Å². The third-order valence-corrected chi connectivity index (χ3v) is 6.82. The molecule has 2 saturated heterocycles. The highest BCUT2D eigenvalue weighted by Crippen LogP contribution is 2.33. The first-order valence-electron chi connectivity index (χ1n) is 11.8. The van der Waals surface area contributed by atoms with Gasteiger partial charge in [0.05, 0.1) is 18.3 Å². The second kappa shape index (κ2) is 9.60. The van der Waals surface area contributed by atoms with Crippen molar-refractivity contribution in [3.05, 3.63) is 17.1 Å². The van der Waals surface area contributed by atoms with Gasteiger partial charge in [-0.25, -0.2) is 9.97 Å². The Hall–Kier alpha value is -1.73. The average Bonchev–Trinajstić information content (AvgIpc) is 2.77. The van der Waals surface area contributed by atoms with Gasteiger partial charge in [0, 0.05) is 51.1 Å². The molecule has 30 heavy (non-hydrogen) atoms. The second-order valence-electron chi connectivity index (χ2n) is 9.18. The lowest BCUT2D eigenvalue weighted by Crippen LogP contribution is -2.43. The molecule has 0 radical (unpaired) electrons. The molecule has 3 aliphatic rings. The number of carbonyl (C=O) groups excluding carboxylic acids is 1. The summed E-state index contributed by atoms with van der Waals surface area (Å²) in [5, 5.41) is 0. The third-order valence-electron chi connectivity index (χ3n) is 6.82. The maximum atomic E-state index is 12.1. The number of ether oxygens (including phenoxy) is 1. The van der Waals surface area contributed by atoms with Gasteiger partial charge in [-0.2, -0.15) is 0 Å². The molecule has 0 aromatic carbocycles. The number of hydrogen-bond donors (Lipinski definition) is 0. The molecule has 4 heterocycles. The summed E-state index contributed by atoms with van der Waals surface area (Å²) in [6.07, 6.45) is 6.62. The van der Waals surface area contributed by atoms with E-state index in [-0.39, 0.29) is 12.0 Å². The molecule has 4 rings (SSSR count). The molecule has 1 aromatic rings. The van der Waals surface area contributed by atoms with Crippen molar-refractivity contribution in [2.45, 2.75) is 70.9 Å². The van der Waals surface area contributed by atoms with Crippen molar-refractivity contribution in [2.24, 2.45) is 0 Å². The lowest BCUT2D eigenvalue weighted by atomic mass is 9.95. The van der Waals surface area contributed by atoms with Crippen LogP contribution in [0.1, 0.15) is 69.0 Å². The van der Waals surface area contributed by atoms with E-state index in [9.17, 15) is 4.79 Å². The number of piperidine rings is 2. The Balaban J connectivity index is 1.64. The fourth-order valence-corrected chi connectivity index (χ4v) is 4.95. The highest BCUT2D eigenvalue weighted by molar-refractivity contribution is 5.74. The fraction of sp³-hybridized carbons (Fsp3) is 0.783. The molecule has 1 amide bonds. The lowest BCUT2D eigenvalue weighted by molar-refractivity contribution is -0.129. The smallest absolute Gasteiger partial charge is 0.219 e. The molecule has 2 fully saturated rings. The average molecular weight is 416 g/mol. The molecule has 0 saturated carbocycles. The van der Waals surface area contributed by atoms with E-state index >= 15 is 0 Å². The predicted octanol–water partition coefficient (Wildman–Crippen LogP) is 2.59. The van der Waals surface area contributed by atoms with Gasteiger partial charge in [0.1, 0.15) is 11.6 Å². The Morgan fingerprint density at radius 3 is 2.67 bits per heavy atom. The number of likely N-dealkylation sites (tertiary alicyclic amines) is 1.